The van der Waals surface area contributed by atoms with E-state index in [1.165, 1.54) is 32.8 Å². The van der Waals surface area contributed by atoms with Gasteiger partial charge in [0.1, 0.15) is 6.10 Å². The van der Waals surface area contributed by atoms with Gasteiger partial charge in [-0.05, 0) is 31.8 Å². The third-order valence-electron chi connectivity index (χ3n) is 5.40. The predicted octanol–water partition coefficient (Wildman–Crippen LogP) is 4.53. The predicted molar refractivity (Wildman–Crippen MR) is 98.9 cm³/mol. The molecule has 0 aromatic heterocycles. The van der Waals surface area contributed by atoms with Crippen LogP contribution in [0.4, 0.5) is 0 Å². The number of carbonyl (C=O) groups excluding carboxylic acids is 1. The molecule has 2 fully saturated rings. The topological polar surface area (TPSA) is 55.8 Å². The fraction of sp³-hybridized carbons (Fsp3) is 0.762. The zero-order valence-electron chi connectivity index (χ0n) is 15.8. The number of unbranched alkanes of at least 4 members (excludes halogenated alkanes) is 5. The van der Waals surface area contributed by atoms with Crippen LogP contribution in [0.1, 0.15) is 71.1 Å². The van der Waals surface area contributed by atoms with Crippen molar-refractivity contribution < 1.29 is 19.4 Å². The highest BCUT2D eigenvalue weighted by Gasteiger charge is 2.46. The van der Waals surface area contributed by atoms with Crippen molar-refractivity contribution in [2.45, 2.75) is 83.3 Å². The smallest absolute Gasteiger partial charge is 0.305 e. The molecule has 4 atom stereocenters. The third kappa shape index (κ3) is 6.18. The van der Waals surface area contributed by atoms with E-state index in [0.29, 0.717) is 12.3 Å². The summed E-state index contributed by atoms with van der Waals surface area (Å²) in [7, 11) is 1.42. The van der Waals surface area contributed by atoms with Crippen molar-refractivity contribution in [3.63, 3.8) is 0 Å². The lowest BCUT2D eigenvalue weighted by molar-refractivity contribution is -0.140. The van der Waals surface area contributed by atoms with Crippen LogP contribution in [0.2, 0.25) is 0 Å². The second-order valence-corrected chi connectivity index (χ2v) is 7.32. The molecule has 0 spiro atoms. The van der Waals surface area contributed by atoms with Gasteiger partial charge in [0.25, 0.3) is 0 Å². The van der Waals surface area contributed by atoms with E-state index in [1.807, 2.05) is 0 Å². The molecule has 25 heavy (non-hydrogen) atoms. The Morgan fingerprint density at radius 1 is 1.28 bits per heavy atom. The first kappa shape index (κ1) is 20.0. The van der Waals surface area contributed by atoms with Gasteiger partial charge in [0.15, 0.2) is 0 Å². The summed E-state index contributed by atoms with van der Waals surface area (Å²) in [6, 6.07) is 0. The van der Waals surface area contributed by atoms with Crippen molar-refractivity contribution in [2.24, 2.45) is 11.8 Å². The van der Waals surface area contributed by atoms with E-state index in [4.69, 9.17) is 4.74 Å². The van der Waals surface area contributed by atoms with Crippen LogP contribution in [0.5, 0.6) is 0 Å². The van der Waals surface area contributed by atoms with Gasteiger partial charge in [-0.2, -0.15) is 0 Å². The van der Waals surface area contributed by atoms with Gasteiger partial charge in [0.2, 0.25) is 0 Å². The van der Waals surface area contributed by atoms with Crippen LogP contribution in [0.15, 0.2) is 24.0 Å². The molecule has 0 amide bonds. The van der Waals surface area contributed by atoms with Crippen molar-refractivity contribution >= 4 is 5.97 Å². The Morgan fingerprint density at radius 3 is 2.88 bits per heavy atom. The van der Waals surface area contributed by atoms with Crippen molar-refractivity contribution in [2.75, 3.05) is 7.11 Å². The average Bonchev–Trinajstić information content (AvgIpc) is 3.11. The number of carbonyl (C=O) groups is 1. The molecule has 142 valence electrons. The van der Waals surface area contributed by atoms with Gasteiger partial charge in [-0.1, -0.05) is 38.3 Å². The minimum Gasteiger partial charge on any atom is -0.495 e. The van der Waals surface area contributed by atoms with E-state index < -0.39 is 0 Å². The van der Waals surface area contributed by atoms with Crippen LogP contribution >= 0.6 is 0 Å². The Balaban J connectivity index is 1.75. The summed E-state index contributed by atoms with van der Waals surface area (Å²) >= 11 is 0. The van der Waals surface area contributed by atoms with Crippen LogP contribution in [-0.4, -0.2) is 30.4 Å². The number of fused-ring (bicyclic) bond motifs is 1. The quantitative estimate of drug-likeness (QED) is 0.357. The standard InChI is InChI=1S/C21H34O4/c1-3-4-5-6-7-8-12-17-18-14-16(25-20(18)15-19(17)22)11-9-10-13-21(23)24-2/h8,11-12,17-20,22H,3-7,9-10,13-15H2,1-2H3/b12-8+,16-11-/t17-,18-,19-,20+/m1/s1. The average molecular weight is 350 g/mol. The summed E-state index contributed by atoms with van der Waals surface area (Å²) in [6.45, 7) is 2.23. The van der Waals surface area contributed by atoms with E-state index in [0.717, 1.165) is 37.9 Å². The Hall–Kier alpha value is -1.29. The summed E-state index contributed by atoms with van der Waals surface area (Å²) in [5, 5.41) is 10.3. The molecule has 4 nitrogen and oxygen atoms in total. The maximum absolute atomic E-state index is 11.1. The van der Waals surface area contributed by atoms with Crippen LogP contribution in [0.25, 0.3) is 0 Å². The lowest BCUT2D eigenvalue weighted by atomic mass is 9.90. The molecule has 2 rings (SSSR count). The molecule has 1 heterocycles. The number of hydrogen-bond donors (Lipinski definition) is 1. The third-order valence-corrected chi connectivity index (χ3v) is 5.40. The molecule has 1 aliphatic heterocycles. The van der Waals surface area contributed by atoms with Crippen molar-refractivity contribution in [1.29, 1.82) is 0 Å². The van der Waals surface area contributed by atoms with Gasteiger partial charge in [-0.15, -0.1) is 0 Å². The molecule has 1 aliphatic carbocycles. The minimum atomic E-state index is -0.275. The number of allylic oxidation sites excluding steroid dienone is 3. The highest BCUT2D eigenvalue weighted by molar-refractivity contribution is 5.69. The zero-order valence-corrected chi connectivity index (χ0v) is 15.8. The van der Waals surface area contributed by atoms with Crippen LogP contribution in [0, 0.1) is 11.8 Å². The molecule has 1 saturated heterocycles. The molecule has 1 saturated carbocycles. The summed E-state index contributed by atoms with van der Waals surface area (Å²) in [5.74, 6) is 1.49. The van der Waals surface area contributed by atoms with Crippen molar-refractivity contribution in [3.05, 3.63) is 24.0 Å². The maximum atomic E-state index is 11.1. The van der Waals surface area contributed by atoms with Gasteiger partial charge >= 0.3 is 5.97 Å². The lowest BCUT2D eigenvalue weighted by Gasteiger charge is -2.15. The normalized spacial score (nSPS) is 30.0. The molecular weight excluding hydrogens is 316 g/mol. The summed E-state index contributed by atoms with van der Waals surface area (Å²) in [6.07, 6.45) is 16.4. The van der Waals surface area contributed by atoms with E-state index >= 15 is 0 Å². The molecule has 2 aliphatic rings. The van der Waals surface area contributed by atoms with Gasteiger partial charge in [0, 0.05) is 31.1 Å². The van der Waals surface area contributed by atoms with Gasteiger partial charge in [0.05, 0.1) is 19.0 Å². The molecule has 0 unspecified atom stereocenters. The first-order valence-corrected chi connectivity index (χ1v) is 9.93. The van der Waals surface area contributed by atoms with Crippen LogP contribution in [-0.2, 0) is 14.3 Å². The number of rotatable bonds is 10. The number of esters is 1. The number of aliphatic hydroxyl groups excluding tert-OH is 1. The highest BCUT2D eigenvalue weighted by Crippen LogP contribution is 2.45. The Kier molecular flexibility index (Phi) is 8.53. The molecule has 1 N–H and O–H groups in total. The van der Waals surface area contributed by atoms with Gasteiger partial charge < -0.3 is 14.6 Å². The molecular formula is C21H34O4. The summed E-state index contributed by atoms with van der Waals surface area (Å²) in [5.41, 5.74) is 0. The van der Waals surface area contributed by atoms with E-state index in [2.05, 4.69) is 29.9 Å². The molecule has 0 aromatic carbocycles. The van der Waals surface area contributed by atoms with E-state index in [-0.39, 0.29) is 24.1 Å². The highest BCUT2D eigenvalue weighted by atomic mass is 16.5. The largest absolute Gasteiger partial charge is 0.495 e. The second-order valence-electron chi connectivity index (χ2n) is 7.32. The Labute approximate surface area is 152 Å². The maximum Gasteiger partial charge on any atom is 0.305 e. The van der Waals surface area contributed by atoms with Crippen LogP contribution < -0.4 is 0 Å². The molecule has 0 aromatic rings. The first-order chi connectivity index (χ1) is 12.2. The Bertz CT molecular complexity index is 469. The number of methoxy groups -OCH3 is 1. The monoisotopic (exact) mass is 350 g/mol. The number of aliphatic hydroxyl groups is 1. The SMILES string of the molecule is CCCCCC/C=C/[C@@H]1[C@H]2C/C(=C/CCCC(=O)OC)O[C@H]2C[C@H]1O. The Morgan fingerprint density at radius 2 is 2.12 bits per heavy atom. The number of hydrogen-bond acceptors (Lipinski definition) is 4. The van der Waals surface area contributed by atoms with Gasteiger partial charge in [-0.25, -0.2) is 0 Å². The zero-order chi connectivity index (χ0) is 18.1. The molecule has 0 radical (unpaired) electrons. The molecule has 4 heteroatoms. The molecule has 0 bridgehead atoms. The fourth-order valence-electron chi connectivity index (χ4n) is 3.94. The van der Waals surface area contributed by atoms with Crippen molar-refractivity contribution in [1.82, 2.24) is 0 Å². The van der Waals surface area contributed by atoms with E-state index in [9.17, 15) is 9.90 Å². The lowest BCUT2D eigenvalue weighted by Crippen LogP contribution is -2.16. The fourth-order valence-corrected chi connectivity index (χ4v) is 3.94. The minimum absolute atomic E-state index is 0.150. The second kappa shape index (κ2) is 10.6. The first-order valence-electron chi connectivity index (χ1n) is 9.93. The summed E-state index contributed by atoms with van der Waals surface area (Å²) < 4.78 is 10.7. The van der Waals surface area contributed by atoms with E-state index in [1.54, 1.807) is 0 Å². The summed E-state index contributed by atoms with van der Waals surface area (Å²) in [4.78, 5) is 11.1. The van der Waals surface area contributed by atoms with Crippen molar-refractivity contribution in [3.8, 4) is 0 Å². The van der Waals surface area contributed by atoms with Gasteiger partial charge in [-0.3, -0.25) is 4.79 Å². The number of ether oxygens (including phenoxy) is 2. The van der Waals surface area contributed by atoms with Crippen LogP contribution in [0.3, 0.4) is 0 Å².